The quantitative estimate of drug-likeness (QED) is 0.375. The van der Waals surface area contributed by atoms with Crippen LogP contribution in [0.1, 0.15) is 5.56 Å². The number of methoxy groups -OCH3 is 1. The summed E-state index contributed by atoms with van der Waals surface area (Å²) < 4.78 is 13.6. The van der Waals surface area contributed by atoms with Crippen molar-refractivity contribution in [3.63, 3.8) is 0 Å². The largest absolute Gasteiger partial charge is 0.493 e. The van der Waals surface area contributed by atoms with Gasteiger partial charge in [0, 0.05) is 5.56 Å². The van der Waals surface area contributed by atoms with E-state index in [2.05, 4.69) is 22.0 Å². The van der Waals surface area contributed by atoms with Gasteiger partial charge in [0.25, 0.3) is 0 Å². The van der Waals surface area contributed by atoms with Crippen molar-refractivity contribution in [3.8, 4) is 22.1 Å². The molecule has 0 unspecified atom stereocenters. The molecule has 0 fully saturated rings. The number of benzene rings is 3. The van der Waals surface area contributed by atoms with Crippen LogP contribution in [0.4, 0.5) is 0 Å². The van der Waals surface area contributed by atoms with Gasteiger partial charge < -0.3 is 9.47 Å². The fourth-order valence-electron chi connectivity index (χ4n) is 2.71. The zero-order valence-corrected chi connectivity index (χ0v) is 16.5. The molecule has 0 bridgehead atoms. The molecule has 26 heavy (non-hydrogen) atoms. The van der Waals surface area contributed by atoms with Crippen LogP contribution >= 0.6 is 27.3 Å². The van der Waals surface area contributed by atoms with E-state index in [1.807, 2.05) is 60.7 Å². The molecule has 1 heterocycles. The van der Waals surface area contributed by atoms with Gasteiger partial charge in [-0.3, -0.25) is 0 Å². The van der Waals surface area contributed by atoms with Gasteiger partial charge in [0.15, 0.2) is 11.5 Å². The molecule has 1 aromatic heterocycles. The molecule has 4 rings (SSSR count). The second kappa shape index (κ2) is 7.48. The first-order chi connectivity index (χ1) is 12.7. The molecule has 0 spiro atoms. The maximum atomic E-state index is 6.01. The Labute approximate surface area is 164 Å². The molecular formula is C21H16BrNO2S. The second-order valence-electron chi connectivity index (χ2n) is 5.75. The van der Waals surface area contributed by atoms with E-state index in [9.17, 15) is 0 Å². The monoisotopic (exact) mass is 425 g/mol. The van der Waals surface area contributed by atoms with Crippen LogP contribution < -0.4 is 9.47 Å². The normalized spacial score (nSPS) is 10.8. The number of ether oxygens (including phenoxy) is 2. The molecule has 0 saturated heterocycles. The average Bonchev–Trinajstić information content (AvgIpc) is 3.11. The predicted molar refractivity (Wildman–Crippen MR) is 110 cm³/mol. The maximum Gasteiger partial charge on any atom is 0.175 e. The number of halogens is 1. The van der Waals surface area contributed by atoms with Gasteiger partial charge in [-0.25, -0.2) is 4.98 Å². The highest BCUT2D eigenvalue weighted by Gasteiger charge is 2.15. The fourth-order valence-corrected chi connectivity index (χ4v) is 4.22. The van der Waals surface area contributed by atoms with Crippen LogP contribution in [0.2, 0.25) is 0 Å². The van der Waals surface area contributed by atoms with E-state index in [0.717, 1.165) is 26.1 Å². The van der Waals surface area contributed by atoms with Crippen molar-refractivity contribution in [2.75, 3.05) is 7.11 Å². The summed E-state index contributed by atoms with van der Waals surface area (Å²) in [4.78, 5) is 4.72. The Bertz CT molecular complexity index is 1010. The minimum absolute atomic E-state index is 0.482. The van der Waals surface area contributed by atoms with E-state index in [1.165, 1.54) is 4.70 Å². The third-order valence-electron chi connectivity index (χ3n) is 4.00. The van der Waals surface area contributed by atoms with Gasteiger partial charge in [0.1, 0.15) is 11.6 Å². The third kappa shape index (κ3) is 3.45. The number of thiazole rings is 1. The van der Waals surface area contributed by atoms with Gasteiger partial charge in [-0.05, 0) is 45.8 Å². The highest BCUT2D eigenvalue weighted by Crippen LogP contribution is 2.41. The summed E-state index contributed by atoms with van der Waals surface area (Å²) in [7, 11) is 1.65. The smallest absolute Gasteiger partial charge is 0.175 e. The van der Waals surface area contributed by atoms with E-state index >= 15 is 0 Å². The Morgan fingerprint density at radius 1 is 1.00 bits per heavy atom. The van der Waals surface area contributed by atoms with Crippen molar-refractivity contribution < 1.29 is 9.47 Å². The standard InChI is InChI=1S/C21H16BrNO2S/c1-24-18-12-15(21-23-17-9-5-6-10-19(17)26-21)11-16(22)20(18)25-13-14-7-3-2-4-8-14/h2-12H,13H2,1H3. The molecule has 5 heteroatoms. The SMILES string of the molecule is COc1cc(-c2nc3ccccc3s2)cc(Br)c1OCc1ccccc1. The maximum absolute atomic E-state index is 6.01. The van der Waals surface area contributed by atoms with Crippen LogP contribution in [0.5, 0.6) is 11.5 Å². The van der Waals surface area contributed by atoms with E-state index in [1.54, 1.807) is 18.4 Å². The van der Waals surface area contributed by atoms with Crippen LogP contribution in [0.25, 0.3) is 20.8 Å². The first-order valence-corrected chi connectivity index (χ1v) is 9.76. The van der Waals surface area contributed by atoms with Crippen molar-refractivity contribution >= 4 is 37.5 Å². The van der Waals surface area contributed by atoms with Crippen LogP contribution in [-0.4, -0.2) is 12.1 Å². The summed E-state index contributed by atoms with van der Waals surface area (Å²) in [6.45, 7) is 0.482. The van der Waals surface area contributed by atoms with E-state index in [4.69, 9.17) is 14.5 Å². The highest BCUT2D eigenvalue weighted by atomic mass is 79.9. The number of hydrogen-bond donors (Lipinski definition) is 0. The summed E-state index contributed by atoms with van der Waals surface area (Å²) in [6, 6.07) is 22.2. The summed E-state index contributed by atoms with van der Waals surface area (Å²) in [5, 5.41) is 0.958. The molecule has 4 aromatic rings. The Morgan fingerprint density at radius 3 is 2.54 bits per heavy atom. The van der Waals surface area contributed by atoms with Crippen LogP contribution in [0, 0.1) is 0 Å². The Hall–Kier alpha value is -2.37. The van der Waals surface area contributed by atoms with Gasteiger partial charge in [-0.15, -0.1) is 11.3 Å². The summed E-state index contributed by atoms with van der Waals surface area (Å²) in [5.74, 6) is 1.38. The summed E-state index contributed by atoms with van der Waals surface area (Å²) in [6.07, 6.45) is 0. The lowest BCUT2D eigenvalue weighted by Gasteiger charge is -2.14. The zero-order valence-electron chi connectivity index (χ0n) is 14.1. The number of hydrogen-bond acceptors (Lipinski definition) is 4. The molecule has 0 aliphatic rings. The second-order valence-corrected chi connectivity index (χ2v) is 7.64. The number of para-hydroxylation sites is 1. The number of rotatable bonds is 5. The van der Waals surface area contributed by atoms with Crippen molar-refractivity contribution in [1.82, 2.24) is 4.98 Å². The fraction of sp³-hybridized carbons (Fsp3) is 0.0952. The lowest BCUT2D eigenvalue weighted by Crippen LogP contribution is -1.99. The lowest BCUT2D eigenvalue weighted by molar-refractivity contribution is 0.282. The van der Waals surface area contributed by atoms with Crippen molar-refractivity contribution in [2.45, 2.75) is 6.61 Å². The lowest BCUT2D eigenvalue weighted by atomic mass is 10.2. The first-order valence-electron chi connectivity index (χ1n) is 8.15. The highest BCUT2D eigenvalue weighted by molar-refractivity contribution is 9.10. The van der Waals surface area contributed by atoms with Gasteiger partial charge in [-0.2, -0.15) is 0 Å². The van der Waals surface area contributed by atoms with Gasteiger partial charge in [-0.1, -0.05) is 42.5 Å². The van der Waals surface area contributed by atoms with Crippen LogP contribution in [-0.2, 0) is 6.61 Å². The van der Waals surface area contributed by atoms with Gasteiger partial charge in [0.05, 0.1) is 21.8 Å². The van der Waals surface area contributed by atoms with Crippen molar-refractivity contribution in [3.05, 3.63) is 76.8 Å². The molecule has 0 aliphatic heterocycles. The minimum Gasteiger partial charge on any atom is -0.493 e. The van der Waals surface area contributed by atoms with Gasteiger partial charge >= 0.3 is 0 Å². The summed E-state index contributed by atoms with van der Waals surface area (Å²) in [5.41, 5.74) is 3.12. The Balaban J connectivity index is 1.67. The van der Waals surface area contributed by atoms with E-state index < -0.39 is 0 Å². The molecule has 130 valence electrons. The summed E-state index contributed by atoms with van der Waals surface area (Å²) >= 11 is 5.29. The van der Waals surface area contributed by atoms with Crippen LogP contribution in [0.15, 0.2) is 71.2 Å². The molecule has 0 saturated carbocycles. The van der Waals surface area contributed by atoms with Gasteiger partial charge in [0.2, 0.25) is 0 Å². The molecule has 3 aromatic carbocycles. The number of nitrogens with zero attached hydrogens (tertiary/aromatic N) is 1. The first kappa shape index (κ1) is 17.1. The van der Waals surface area contributed by atoms with Crippen molar-refractivity contribution in [1.29, 1.82) is 0 Å². The number of fused-ring (bicyclic) bond motifs is 1. The molecule has 0 atom stereocenters. The number of aromatic nitrogens is 1. The molecule has 0 radical (unpaired) electrons. The Morgan fingerprint density at radius 2 is 1.77 bits per heavy atom. The Kier molecular flexibility index (Phi) is 4.91. The topological polar surface area (TPSA) is 31.4 Å². The molecular weight excluding hydrogens is 410 g/mol. The molecule has 0 N–H and O–H groups in total. The third-order valence-corrected chi connectivity index (χ3v) is 5.67. The molecule has 0 amide bonds. The molecule has 0 aliphatic carbocycles. The van der Waals surface area contributed by atoms with Crippen LogP contribution in [0.3, 0.4) is 0 Å². The van der Waals surface area contributed by atoms with E-state index in [0.29, 0.717) is 18.1 Å². The van der Waals surface area contributed by atoms with E-state index in [-0.39, 0.29) is 0 Å². The molecule has 3 nitrogen and oxygen atoms in total. The minimum atomic E-state index is 0.482. The zero-order chi connectivity index (χ0) is 17.9. The van der Waals surface area contributed by atoms with Crippen molar-refractivity contribution in [2.24, 2.45) is 0 Å². The average molecular weight is 426 g/mol. The predicted octanol–water partition coefficient (Wildman–Crippen LogP) is 6.31.